The average Bonchev–Trinajstić information content (AvgIpc) is 3.41. The monoisotopic (exact) mass is 740 g/mol. The van der Waals surface area contributed by atoms with Crippen molar-refractivity contribution < 1.29 is 23.7 Å². The van der Waals surface area contributed by atoms with E-state index in [1.807, 2.05) is 74.5 Å². The quantitative estimate of drug-likeness (QED) is 0.123. The molecule has 0 N–H and O–H groups in total. The molecule has 0 aliphatic carbocycles. The van der Waals surface area contributed by atoms with E-state index in [0.29, 0.717) is 63.1 Å². The molecule has 1 aliphatic rings. The van der Waals surface area contributed by atoms with Crippen molar-refractivity contribution in [3.8, 4) is 17.2 Å². The van der Waals surface area contributed by atoms with Crippen molar-refractivity contribution in [1.29, 1.82) is 0 Å². The van der Waals surface area contributed by atoms with Crippen LogP contribution in [0.5, 0.6) is 17.2 Å². The molecular weight excluding hydrogens is 704 g/mol. The first-order valence-corrected chi connectivity index (χ1v) is 17.9. The van der Waals surface area contributed by atoms with Crippen LogP contribution in [-0.4, -0.2) is 30.9 Å². The molecule has 0 fully saturated rings. The molecule has 10 heteroatoms. The fourth-order valence-electron chi connectivity index (χ4n) is 6.06. The first kappa shape index (κ1) is 34.2. The van der Waals surface area contributed by atoms with E-state index < -0.39 is 12.0 Å². The number of hydrogen-bond acceptors (Lipinski definition) is 8. The second-order valence-electron chi connectivity index (χ2n) is 11.4. The van der Waals surface area contributed by atoms with Crippen LogP contribution in [0.3, 0.4) is 0 Å². The molecule has 0 spiro atoms. The van der Waals surface area contributed by atoms with Crippen LogP contribution in [0.2, 0.25) is 0 Å². The molecule has 1 atom stereocenters. The van der Waals surface area contributed by atoms with Gasteiger partial charge in [0.05, 0.1) is 36.1 Å². The van der Waals surface area contributed by atoms with E-state index in [2.05, 4.69) is 40.2 Å². The summed E-state index contributed by atoms with van der Waals surface area (Å²) in [6.07, 6.45) is 3.13. The van der Waals surface area contributed by atoms with Crippen molar-refractivity contribution in [2.75, 3.05) is 20.3 Å². The standard InChI is InChI=1S/C39H37BrN2O6S/c1-5-11-30-35(38(44)47-7-3)36(29-22-27(40)17-19-31(29)45-4)42-37(43)34(49-39(42)41-30)21-24-16-18-32(33(20-24)46-6-2)48-23-26-14-10-13-25-12-8-9-15-28(25)26/h8-10,12-22,36H,5-7,11,23H2,1-4H3/b34-21+/t36-/m1/s1. The van der Waals surface area contributed by atoms with Crippen molar-refractivity contribution in [3.63, 3.8) is 0 Å². The molecule has 0 bridgehead atoms. The maximum Gasteiger partial charge on any atom is 0.338 e. The van der Waals surface area contributed by atoms with Crippen LogP contribution in [0.4, 0.5) is 0 Å². The SMILES string of the molecule is CCCC1=C(C(=O)OCC)[C@@H](c2cc(Br)ccc2OC)n2c(s/c(=C/c3ccc(OCc4cccc5ccccc45)c(OCC)c3)c2=O)=N1. The van der Waals surface area contributed by atoms with Crippen LogP contribution >= 0.6 is 27.3 Å². The number of thiazole rings is 1. The first-order valence-electron chi connectivity index (χ1n) is 16.3. The normalized spacial score (nSPS) is 14.4. The van der Waals surface area contributed by atoms with Gasteiger partial charge in [0.2, 0.25) is 0 Å². The summed E-state index contributed by atoms with van der Waals surface area (Å²) < 4.78 is 26.4. The maximum absolute atomic E-state index is 14.3. The molecule has 0 amide bonds. The number of allylic oxidation sites excluding steroid dienone is 1. The van der Waals surface area contributed by atoms with Gasteiger partial charge in [0.1, 0.15) is 18.4 Å². The summed E-state index contributed by atoms with van der Waals surface area (Å²) in [5.74, 6) is 1.23. The number of carbonyl (C=O) groups is 1. The van der Waals surface area contributed by atoms with Gasteiger partial charge >= 0.3 is 5.97 Å². The second kappa shape index (κ2) is 15.3. The molecule has 0 radical (unpaired) electrons. The predicted molar refractivity (Wildman–Crippen MR) is 196 cm³/mol. The summed E-state index contributed by atoms with van der Waals surface area (Å²) in [7, 11) is 1.57. The molecular formula is C39H37BrN2O6S. The number of rotatable bonds is 12. The molecule has 0 saturated carbocycles. The predicted octanol–water partition coefficient (Wildman–Crippen LogP) is 7.48. The molecule has 49 heavy (non-hydrogen) atoms. The lowest BCUT2D eigenvalue weighted by molar-refractivity contribution is -0.139. The second-order valence-corrected chi connectivity index (χ2v) is 13.3. The molecule has 1 aromatic heterocycles. The summed E-state index contributed by atoms with van der Waals surface area (Å²) in [5, 5.41) is 2.30. The Kier molecular flexibility index (Phi) is 10.7. The highest BCUT2D eigenvalue weighted by atomic mass is 79.9. The van der Waals surface area contributed by atoms with Crippen LogP contribution in [0.15, 0.2) is 104 Å². The lowest BCUT2D eigenvalue weighted by Crippen LogP contribution is -2.40. The van der Waals surface area contributed by atoms with E-state index in [1.165, 1.54) is 11.3 Å². The van der Waals surface area contributed by atoms with Crippen LogP contribution in [0.25, 0.3) is 16.8 Å². The summed E-state index contributed by atoms with van der Waals surface area (Å²) in [6, 6.07) is 24.8. The third-order valence-electron chi connectivity index (χ3n) is 8.21. The van der Waals surface area contributed by atoms with Crippen LogP contribution < -0.4 is 29.1 Å². The fourth-order valence-corrected chi connectivity index (χ4v) is 7.46. The van der Waals surface area contributed by atoms with Gasteiger partial charge in [0.15, 0.2) is 16.3 Å². The number of benzene rings is 4. The number of esters is 1. The Labute approximate surface area is 297 Å². The lowest BCUT2D eigenvalue weighted by Gasteiger charge is -2.27. The highest BCUT2D eigenvalue weighted by molar-refractivity contribution is 9.10. The Morgan fingerprint density at radius 3 is 2.51 bits per heavy atom. The van der Waals surface area contributed by atoms with Crippen LogP contribution in [0.1, 0.15) is 56.3 Å². The Morgan fingerprint density at radius 2 is 1.73 bits per heavy atom. The highest BCUT2D eigenvalue weighted by Crippen LogP contribution is 2.38. The summed E-state index contributed by atoms with van der Waals surface area (Å²) in [4.78, 5) is 33.3. The smallest absolute Gasteiger partial charge is 0.338 e. The molecule has 2 heterocycles. The Bertz CT molecular complexity index is 2230. The first-order chi connectivity index (χ1) is 23.9. The van der Waals surface area contributed by atoms with E-state index in [-0.39, 0.29) is 12.2 Å². The zero-order chi connectivity index (χ0) is 34.5. The van der Waals surface area contributed by atoms with Gasteiger partial charge in [-0.25, -0.2) is 9.79 Å². The van der Waals surface area contributed by atoms with Crippen molar-refractivity contribution in [2.24, 2.45) is 4.99 Å². The van der Waals surface area contributed by atoms with Gasteiger partial charge in [-0.05, 0) is 78.6 Å². The van der Waals surface area contributed by atoms with Crippen molar-refractivity contribution in [3.05, 3.63) is 131 Å². The van der Waals surface area contributed by atoms with Gasteiger partial charge in [-0.2, -0.15) is 0 Å². The minimum absolute atomic E-state index is 0.193. The van der Waals surface area contributed by atoms with Gasteiger partial charge in [-0.3, -0.25) is 9.36 Å². The lowest BCUT2D eigenvalue weighted by atomic mass is 9.93. The summed E-state index contributed by atoms with van der Waals surface area (Å²) >= 11 is 4.85. The number of carbonyl (C=O) groups excluding carboxylic acids is 1. The largest absolute Gasteiger partial charge is 0.496 e. The number of ether oxygens (including phenoxy) is 4. The summed E-state index contributed by atoms with van der Waals surface area (Å²) in [5.41, 5.74) is 3.16. The van der Waals surface area contributed by atoms with Crippen molar-refractivity contribution in [2.45, 2.75) is 46.3 Å². The molecule has 252 valence electrons. The van der Waals surface area contributed by atoms with E-state index in [4.69, 9.17) is 23.9 Å². The number of nitrogens with zero attached hydrogens (tertiary/aromatic N) is 2. The Morgan fingerprint density at radius 1 is 0.939 bits per heavy atom. The molecule has 6 rings (SSSR count). The average molecular weight is 742 g/mol. The van der Waals surface area contributed by atoms with E-state index in [9.17, 15) is 9.59 Å². The topological polar surface area (TPSA) is 88.4 Å². The molecule has 4 aromatic carbocycles. The van der Waals surface area contributed by atoms with E-state index in [1.54, 1.807) is 18.6 Å². The fraction of sp³-hybridized carbons (Fsp3) is 0.256. The number of halogens is 1. The third kappa shape index (κ3) is 7.07. The number of aromatic nitrogens is 1. The Balaban J connectivity index is 1.43. The van der Waals surface area contributed by atoms with E-state index >= 15 is 0 Å². The van der Waals surface area contributed by atoms with Gasteiger partial charge in [-0.1, -0.05) is 89.1 Å². The van der Waals surface area contributed by atoms with Crippen molar-refractivity contribution >= 4 is 50.1 Å². The van der Waals surface area contributed by atoms with Crippen molar-refractivity contribution in [1.82, 2.24) is 4.57 Å². The zero-order valence-corrected chi connectivity index (χ0v) is 30.2. The van der Waals surface area contributed by atoms with Gasteiger partial charge < -0.3 is 18.9 Å². The van der Waals surface area contributed by atoms with Crippen LogP contribution in [-0.2, 0) is 16.1 Å². The highest BCUT2D eigenvalue weighted by Gasteiger charge is 2.36. The molecule has 0 unspecified atom stereocenters. The van der Waals surface area contributed by atoms with Gasteiger partial charge in [-0.15, -0.1) is 0 Å². The number of methoxy groups -OCH3 is 1. The van der Waals surface area contributed by atoms with E-state index in [0.717, 1.165) is 32.8 Å². The third-order valence-corrected chi connectivity index (χ3v) is 9.68. The zero-order valence-electron chi connectivity index (χ0n) is 27.8. The van der Waals surface area contributed by atoms with Gasteiger partial charge in [0.25, 0.3) is 5.56 Å². The summed E-state index contributed by atoms with van der Waals surface area (Å²) in [6.45, 7) is 6.73. The maximum atomic E-state index is 14.3. The number of fused-ring (bicyclic) bond motifs is 2. The minimum atomic E-state index is -0.796. The number of hydrogen-bond donors (Lipinski definition) is 0. The Hall–Kier alpha value is -4.67. The molecule has 8 nitrogen and oxygen atoms in total. The minimum Gasteiger partial charge on any atom is -0.496 e. The van der Waals surface area contributed by atoms with Crippen LogP contribution in [0, 0.1) is 0 Å². The molecule has 0 saturated heterocycles. The molecule has 1 aliphatic heterocycles. The van der Waals surface area contributed by atoms with Gasteiger partial charge in [0, 0.05) is 10.0 Å². The molecule has 5 aromatic rings.